The third-order valence-corrected chi connectivity index (χ3v) is 5.62. The minimum atomic E-state index is -0.648. The van der Waals surface area contributed by atoms with Crippen LogP contribution in [0.5, 0.6) is 11.8 Å². The van der Waals surface area contributed by atoms with E-state index in [0.29, 0.717) is 18.9 Å². The minimum Gasteiger partial charge on any atom is -0.489 e. The normalized spacial score (nSPS) is 20.8. The number of nitro groups is 1. The molecule has 10 nitrogen and oxygen atoms in total. The van der Waals surface area contributed by atoms with Crippen LogP contribution < -0.4 is 14.4 Å². The van der Waals surface area contributed by atoms with E-state index in [0.717, 1.165) is 31.6 Å². The topological polar surface area (TPSA) is 109 Å². The van der Waals surface area contributed by atoms with Crippen LogP contribution in [0.15, 0.2) is 30.5 Å². The van der Waals surface area contributed by atoms with Crippen LogP contribution in [-0.4, -0.2) is 52.3 Å². The summed E-state index contributed by atoms with van der Waals surface area (Å²) >= 11 is 0. The fourth-order valence-electron chi connectivity index (χ4n) is 3.98. The molecule has 0 radical (unpaired) electrons. The van der Waals surface area contributed by atoms with Gasteiger partial charge in [-0.3, -0.25) is 9.36 Å². The molecule has 10 heteroatoms. The summed E-state index contributed by atoms with van der Waals surface area (Å²) in [6, 6.07) is 8.07. The second kappa shape index (κ2) is 8.44. The second-order valence-corrected chi connectivity index (χ2v) is 8.11. The zero-order valence-electron chi connectivity index (χ0n) is 17.7. The number of carbonyl (C=O) groups excluding carboxylic acids is 1. The number of carbonyl (C=O) groups is 1. The van der Waals surface area contributed by atoms with Crippen molar-refractivity contribution in [3.8, 4) is 11.8 Å². The molecule has 0 spiro atoms. The van der Waals surface area contributed by atoms with Gasteiger partial charge < -0.3 is 29.2 Å². The Hall–Kier alpha value is -3.30. The molecule has 1 atom stereocenters. The molecular formula is C21H26N4O6. The monoisotopic (exact) mass is 430 g/mol. The maximum atomic E-state index is 11.9. The Bertz CT molecular complexity index is 926. The highest BCUT2D eigenvalue weighted by Crippen LogP contribution is 2.32. The number of piperidine rings is 1. The van der Waals surface area contributed by atoms with Crippen molar-refractivity contribution in [1.82, 2.24) is 9.55 Å². The van der Waals surface area contributed by atoms with E-state index in [9.17, 15) is 14.9 Å². The zero-order chi connectivity index (χ0) is 22.0. The van der Waals surface area contributed by atoms with E-state index in [-0.39, 0.29) is 30.3 Å². The second-order valence-electron chi connectivity index (χ2n) is 8.11. The SMILES string of the molecule is CCOC(=O)C1CCN(c2ccc(OC[C@@]3(C)Cn4cc([N+](=O)[O-])nc4O3)cc2)CC1. The molecule has 0 saturated carbocycles. The summed E-state index contributed by atoms with van der Waals surface area (Å²) in [6.07, 6.45) is 2.96. The molecule has 1 fully saturated rings. The quantitative estimate of drug-likeness (QED) is 0.375. The van der Waals surface area contributed by atoms with E-state index in [2.05, 4.69) is 9.88 Å². The van der Waals surface area contributed by atoms with Gasteiger partial charge in [0.15, 0.2) is 5.60 Å². The van der Waals surface area contributed by atoms with Crippen LogP contribution in [0.4, 0.5) is 11.5 Å². The lowest BCUT2D eigenvalue weighted by atomic mass is 9.96. The highest BCUT2D eigenvalue weighted by molar-refractivity contribution is 5.72. The van der Waals surface area contributed by atoms with Gasteiger partial charge in [-0.15, -0.1) is 0 Å². The number of rotatable bonds is 7. The molecule has 4 rings (SSSR count). The molecule has 2 aliphatic heterocycles. The lowest BCUT2D eigenvalue weighted by molar-refractivity contribution is -0.389. The van der Waals surface area contributed by atoms with Gasteiger partial charge in [-0.2, -0.15) is 0 Å². The number of benzene rings is 1. The lowest BCUT2D eigenvalue weighted by Gasteiger charge is -2.32. The summed E-state index contributed by atoms with van der Waals surface area (Å²) in [4.78, 5) is 28.3. The first-order chi connectivity index (χ1) is 14.9. The first-order valence-electron chi connectivity index (χ1n) is 10.4. The van der Waals surface area contributed by atoms with Crippen molar-refractivity contribution in [1.29, 1.82) is 0 Å². The molecule has 0 unspecified atom stereocenters. The van der Waals surface area contributed by atoms with Crippen molar-refractivity contribution in [2.24, 2.45) is 5.92 Å². The van der Waals surface area contributed by atoms with Gasteiger partial charge in [0, 0.05) is 23.8 Å². The summed E-state index contributed by atoms with van der Waals surface area (Å²) in [5.41, 5.74) is 0.441. The Morgan fingerprint density at radius 3 is 2.65 bits per heavy atom. The fraction of sp³-hybridized carbons (Fsp3) is 0.524. The predicted octanol–water partition coefficient (Wildman–Crippen LogP) is 2.80. The highest BCUT2D eigenvalue weighted by atomic mass is 16.6. The first kappa shape index (κ1) is 21.0. The average Bonchev–Trinajstić information content (AvgIpc) is 3.29. The van der Waals surface area contributed by atoms with E-state index >= 15 is 0 Å². The molecule has 2 aliphatic rings. The molecule has 0 bridgehead atoms. The van der Waals surface area contributed by atoms with E-state index in [4.69, 9.17) is 14.2 Å². The molecular weight excluding hydrogens is 404 g/mol. The molecule has 0 amide bonds. The molecule has 0 aliphatic carbocycles. The van der Waals surface area contributed by atoms with Crippen molar-refractivity contribution in [3.05, 3.63) is 40.6 Å². The Labute approximate surface area is 179 Å². The van der Waals surface area contributed by atoms with E-state index < -0.39 is 10.5 Å². The maximum absolute atomic E-state index is 11.9. The number of esters is 1. The summed E-state index contributed by atoms with van der Waals surface area (Å²) in [6.45, 7) is 6.48. The number of fused-ring (bicyclic) bond motifs is 1. The maximum Gasteiger partial charge on any atom is 0.415 e. The van der Waals surface area contributed by atoms with Crippen LogP contribution in [0.25, 0.3) is 0 Å². The van der Waals surface area contributed by atoms with Crippen LogP contribution in [0.1, 0.15) is 26.7 Å². The zero-order valence-corrected chi connectivity index (χ0v) is 17.7. The van der Waals surface area contributed by atoms with Gasteiger partial charge in [0.05, 0.1) is 19.1 Å². The molecule has 166 valence electrons. The molecule has 1 aromatic carbocycles. The molecule has 3 heterocycles. The van der Waals surface area contributed by atoms with Crippen molar-refractivity contribution >= 4 is 17.5 Å². The Morgan fingerprint density at radius 2 is 2.03 bits per heavy atom. The van der Waals surface area contributed by atoms with E-state index in [1.54, 1.807) is 4.57 Å². The average molecular weight is 430 g/mol. The van der Waals surface area contributed by atoms with Gasteiger partial charge in [0.25, 0.3) is 0 Å². The summed E-state index contributed by atoms with van der Waals surface area (Å²) in [7, 11) is 0. The van der Waals surface area contributed by atoms with Crippen LogP contribution in [0.2, 0.25) is 0 Å². The van der Waals surface area contributed by atoms with E-state index in [1.807, 2.05) is 38.1 Å². The number of nitrogens with zero attached hydrogens (tertiary/aromatic N) is 4. The third-order valence-electron chi connectivity index (χ3n) is 5.62. The van der Waals surface area contributed by atoms with Gasteiger partial charge in [0.1, 0.15) is 18.6 Å². The van der Waals surface area contributed by atoms with Crippen LogP contribution in [0, 0.1) is 16.0 Å². The number of anilines is 1. The number of hydrogen-bond donors (Lipinski definition) is 0. The summed E-state index contributed by atoms with van der Waals surface area (Å²) < 4.78 is 18.5. The summed E-state index contributed by atoms with van der Waals surface area (Å²) in [5.74, 6) is 0.387. The Balaban J connectivity index is 1.28. The van der Waals surface area contributed by atoms with Crippen molar-refractivity contribution in [2.75, 3.05) is 31.2 Å². The largest absolute Gasteiger partial charge is 0.489 e. The van der Waals surface area contributed by atoms with Gasteiger partial charge in [-0.1, -0.05) is 0 Å². The molecule has 1 saturated heterocycles. The number of imidazole rings is 1. The van der Waals surface area contributed by atoms with E-state index in [1.165, 1.54) is 6.20 Å². The predicted molar refractivity (Wildman–Crippen MR) is 111 cm³/mol. The number of ether oxygens (including phenoxy) is 3. The van der Waals surface area contributed by atoms with Gasteiger partial charge >= 0.3 is 17.8 Å². The molecule has 31 heavy (non-hydrogen) atoms. The van der Waals surface area contributed by atoms with Crippen molar-refractivity contribution in [3.63, 3.8) is 0 Å². The number of aromatic nitrogens is 2. The fourth-order valence-corrected chi connectivity index (χ4v) is 3.98. The minimum absolute atomic E-state index is 0.0120. The molecule has 0 N–H and O–H groups in total. The smallest absolute Gasteiger partial charge is 0.415 e. The van der Waals surface area contributed by atoms with Crippen molar-refractivity contribution < 1.29 is 23.9 Å². The van der Waals surface area contributed by atoms with Gasteiger partial charge in [0.2, 0.25) is 0 Å². The van der Waals surface area contributed by atoms with Crippen molar-refractivity contribution in [2.45, 2.75) is 38.8 Å². The van der Waals surface area contributed by atoms with Gasteiger partial charge in [-0.25, -0.2) is 0 Å². The van der Waals surface area contributed by atoms with Crippen LogP contribution in [-0.2, 0) is 16.1 Å². The Kier molecular flexibility index (Phi) is 5.71. The standard InChI is InChI=1S/C21H26N4O6/c1-3-29-19(26)15-8-10-23(11-9-15)16-4-6-17(7-5-16)30-14-21(2)13-24-12-18(25(27)28)22-20(24)31-21/h4-7,12,15H,3,8-11,13-14H2,1-2H3/t21-/m1/s1. The van der Waals surface area contributed by atoms with Gasteiger partial charge in [-0.05, 0) is 55.9 Å². The molecule has 1 aromatic heterocycles. The lowest BCUT2D eigenvalue weighted by Crippen LogP contribution is -2.38. The number of hydrogen-bond acceptors (Lipinski definition) is 8. The summed E-state index contributed by atoms with van der Waals surface area (Å²) in [5, 5.41) is 10.8. The third kappa shape index (κ3) is 4.57. The molecule has 2 aromatic rings. The van der Waals surface area contributed by atoms with Crippen LogP contribution in [0.3, 0.4) is 0 Å². The van der Waals surface area contributed by atoms with Crippen LogP contribution >= 0.6 is 0 Å². The highest BCUT2D eigenvalue weighted by Gasteiger charge is 2.41. The Morgan fingerprint density at radius 1 is 1.32 bits per heavy atom. The first-order valence-corrected chi connectivity index (χ1v) is 10.4.